The summed E-state index contributed by atoms with van der Waals surface area (Å²) in [5.74, 6) is 0. The zero-order valence-electron chi connectivity index (χ0n) is 19.0. The van der Waals surface area contributed by atoms with Gasteiger partial charge in [0.1, 0.15) is 0 Å². The molecule has 35 heavy (non-hydrogen) atoms. The van der Waals surface area contributed by atoms with Gasteiger partial charge in [-0.25, -0.2) is 18.4 Å². The van der Waals surface area contributed by atoms with Crippen LogP contribution in [-0.4, -0.2) is 58.4 Å². The standard InChI is InChI=1S/C25H25ClN6O2S/c26-23-14-21(13-22(15-23)17-30-8-7-27-19-30)2-1-20-3-5-24(6-4-20)31-9-11-32(12-10-31)35(33,34)25-16-28-18-29-25/h1-8,13-16,18-19H,9-12,17H2,(H,28,29). The quantitative estimate of drug-likeness (QED) is 0.381. The second-order valence-electron chi connectivity index (χ2n) is 8.36. The van der Waals surface area contributed by atoms with Crippen LogP contribution in [0.1, 0.15) is 16.7 Å². The Morgan fingerprint density at radius 1 is 0.971 bits per heavy atom. The number of halogens is 1. The molecule has 0 aliphatic carbocycles. The number of imidazole rings is 2. The van der Waals surface area contributed by atoms with Gasteiger partial charge >= 0.3 is 0 Å². The summed E-state index contributed by atoms with van der Waals surface area (Å²) in [6.45, 7) is 2.83. The van der Waals surface area contributed by atoms with Gasteiger partial charge in [-0.3, -0.25) is 0 Å². The van der Waals surface area contributed by atoms with E-state index in [2.05, 4.69) is 62.3 Å². The lowest BCUT2D eigenvalue weighted by Crippen LogP contribution is -2.48. The highest BCUT2D eigenvalue weighted by Crippen LogP contribution is 2.22. The van der Waals surface area contributed by atoms with Gasteiger partial charge in [0, 0.05) is 55.8 Å². The molecule has 4 aromatic rings. The number of hydrogen-bond acceptors (Lipinski definition) is 5. The SMILES string of the molecule is O=S(=O)(c1cnc[nH]1)N1CCN(c2ccc(C=Cc3cc(Cl)cc(Cn4ccnc4)c3)cc2)CC1. The largest absolute Gasteiger partial charge is 0.369 e. The van der Waals surface area contributed by atoms with Crippen molar-refractivity contribution in [3.63, 3.8) is 0 Å². The van der Waals surface area contributed by atoms with Crippen molar-refractivity contribution in [3.8, 4) is 0 Å². The third-order valence-electron chi connectivity index (χ3n) is 5.96. The number of H-pyrrole nitrogens is 1. The Bertz CT molecular complexity index is 1390. The van der Waals surface area contributed by atoms with Crippen molar-refractivity contribution in [2.24, 2.45) is 0 Å². The Kier molecular flexibility index (Phi) is 6.72. The molecule has 0 amide bonds. The molecular formula is C25H25ClN6O2S. The van der Waals surface area contributed by atoms with Crippen LogP contribution in [0.15, 0.2) is 78.7 Å². The Balaban J connectivity index is 1.21. The number of nitrogens with zero attached hydrogens (tertiary/aromatic N) is 5. The zero-order valence-corrected chi connectivity index (χ0v) is 20.5. The topological polar surface area (TPSA) is 87.1 Å². The maximum Gasteiger partial charge on any atom is 0.260 e. The molecule has 2 aromatic carbocycles. The summed E-state index contributed by atoms with van der Waals surface area (Å²) in [4.78, 5) is 12.8. The summed E-state index contributed by atoms with van der Waals surface area (Å²) in [5, 5.41) is 0.835. The lowest BCUT2D eigenvalue weighted by atomic mass is 10.1. The molecule has 3 heterocycles. The van der Waals surface area contributed by atoms with E-state index in [0.29, 0.717) is 37.7 Å². The first-order valence-corrected chi connectivity index (χ1v) is 13.1. The highest BCUT2D eigenvalue weighted by Gasteiger charge is 2.29. The molecule has 1 saturated heterocycles. The monoisotopic (exact) mass is 508 g/mol. The lowest BCUT2D eigenvalue weighted by Gasteiger charge is -2.35. The molecule has 0 unspecified atom stereocenters. The third-order valence-corrected chi connectivity index (χ3v) is 8.00. The first-order valence-electron chi connectivity index (χ1n) is 11.2. The second kappa shape index (κ2) is 10.1. The number of anilines is 1. The maximum atomic E-state index is 12.7. The maximum absolute atomic E-state index is 12.7. The number of piperazine rings is 1. The fourth-order valence-electron chi connectivity index (χ4n) is 4.15. The molecule has 0 saturated carbocycles. The number of aromatic amines is 1. The molecule has 5 rings (SSSR count). The number of rotatable bonds is 7. The first kappa shape index (κ1) is 23.3. The molecule has 0 spiro atoms. The van der Waals surface area contributed by atoms with Crippen LogP contribution in [0.25, 0.3) is 12.2 Å². The van der Waals surface area contributed by atoms with E-state index in [1.54, 1.807) is 12.5 Å². The minimum atomic E-state index is -3.52. The molecule has 0 bridgehead atoms. The Morgan fingerprint density at radius 3 is 2.43 bits per heavy atom. The van der Waals surface area contributed by atoms with Crippen LogP contribution in [-0.2, 0) is 16.6 Å². The first-order chi connectivity index (χ1) is 17.0. The van der Waals surface area contributed by atoms with Gasteiger partial charge < -0.3 is 14.5 Å². The van der Waals surface area contributed by atoms with E-state index in [1.165, 1.54) is 16.8 Å². The fourth-order valence-corrected chi connectivity index (χ4v) is 5.74. The van der Waals surface area contributed by atoms with Gasteiger partial charge in [0.15, 0.2) is 5.03 Å². The summed E-state index contributed by atoms with van der Waals surface area (Å²) >= 11 is 6.34. The molecule has 1 aliphatic heterocycles. The highest BCUT2D eigenvalue weighted by atomic mass is 35.5. The minimum absolute atomic E-state index is 0.135. The van der Waals surface area contributed by atoms with Crippen LogP contribution < -0.4 is 4.90 Å². The average Bonchev–Trinajstić information content (AvgIpc) is 3.58. The Hall–Kier alpha value is -3.40. The van der Waals surface area contributed by atoms with Crippen LogP contribution in [0.4, 0.5) is 5.69 Å². The van der Waals surface area contributed by atoms with Crippen molar-refractivity contribution in [1.82, 2.24) is 23.8 Å². The van der Waals surface area contributed by atoms with E-state index >= 15 is 0 Å². The molecule has 8 nitrogen and oxygen atoms in total. The van der Waals surface area contributed by atoms with E-state index in [0.717, 1.165) is 22.4 Å². The van der Waals surface area contributed by atoms with Crippen molar-refractivity contribution < 1.29 is 8.42 Å². The third kappa shape index (κ3) is 5.48. The molecule has 1 N–H and O–H groups in total. The Labute approximate surface area is 209 Å². The van der Waals surface area contributed by atoms with Gasteiger partial charge in [-0.05, 0) is 47.0 Å². The molecule has 1 fully saturated rings. The highest BCUT2D eigenvalue weighted by molar-refractivity contribution is 7.89. The van der Waals surface area contributed by atoms with Crippen molar-refractivity contribution in [2.75, 3.05) is 31.1 Å². The van der Waals surface area contributed by atoms with Gasteiger partial charge in [0.05, 0.1) is 18.9 Å². The average molecular weight is 509 g/mol. The molecule has 2 aromatic heterocycles. The van der Waals surface area contributed by atoms with E-state index in [-0.39, 0.29) is 5.03 Å². The Morgan fingerprint density at radius 2 is 1.74 bits per heavy atom. The summed E-state index contributed by atoms with van der Waals surface area (Å²) in [7, 11) is -3.52. The molecular weight excluding hydrogens is 484 g/mol. The van der Waals surface area contributed by atoms with E-state index in [9.17, 15) is 8.42 Å². The molecule has 10 heteroatoms. The predicted octanol–water partition coefficient (Wildman–Crippen LogP) is 3.99. The van der Waals surface area contributed by atoms with Crippen LogP contribution in [0, 0.1) is 0 Å². The molecule has 180 valence electrons. The van der Waals surface area contributed by atoms with E-state index < -0.39 is 10.0 Å². The smallest absolute Gasteiger partial charge is 0.260 e. The number of nitrogens with one attached hydrogen (secondary N) is 1. The number of sulfonamides is 1. The van der Waals surface area contributed by atoms with E-state index in [1.807, 2.05) is 22.9 Å². The summed E-state index contributed by atoms with van der Waals surface area (Å²) in [5.41, 5.74) is 4.29. The van der Waals surface area contributed by atoms with E-state index in [4.69, 9.17) is 11.6 Å². The van der Waals surface area contributed by atoms with Gasteiger partial charge in [-0.2, -0.15) is 4.31 Å². The lowest BCUT2D eigenvalue weighted by molar-refractivity contribution is 0.383. The minimum Gasteiger partial charge on any atom is -0.369 e. The van der Waals surface area contributed by atoms with Crippen molar-refractivity contribution in [1.29, 1.82) is 0 Å². The van der Waals surface area contributed by atoms with Crippen LogP contribution in [0.5, 0.6) is 0 Å². The van der Waals surface area contributed by atoms with Crippen molar-refractivity contribution >= 4 is 39.5 Å². The summed E-state index contributed by atoms with van der Waals surface area (Å²) in [6.07, 6.45) is 12.3. The summed E-state index contributed by atoms with van der Waals surface area (Å²) in [6, 6.07) is 14.3. The van der Waals surface area contributed by atoms with Crippen molar-refractivity contribution in [2.45, 2.75) is 11.6 Å². The second-order valence-corrected chi connectivity index (χ2v) is 10.7. The van der Waals surface area contributed by atoms with Crippen molar-refractivity contribution in [3.05, 3.63) is 95.4 Å². The number of benzene rings is 2. The molecule has 1 aliphatic rings. The normalized spacial score (nSPS) is 15.2. The van der Waals surface area contributed by atoms with Crippen LogP contribution in [0.3, 0.4) is 0 Å². The zero-order chi connectivity index (χ0) is 24.3. The van der Waals surface area contributed by atoms with Crippen LogP contribution in [0.2, 0.25) is 5.02 Å². The fraction of sp³-hybridized carbons (Fsp3) is 0.200. The number of aromatic nitrogens is 4. The molecule has 0 radical (unpaired) electrons. The van der Waals surface area contributed by atoms with Gasteiger partial charge in [-0.1, -0.05) is 35.9 Å². The van der Waals surface area contributed by atoms with Crippen LogP contribution >= 0.6 is 11.6 Å². The van der Waals surface area contributed by atoms with Gasteiger partial charge in [0.25, 0.3) is 10.0 Å². The predicted molar refractivity (Wildman–Crippen MR) is 138 cm³/mol. The molecule has 0 atom stereocenters. The van der Waals surface area contributed by atoms with Gasteiger partial charge in [0.2, 0.25) is 0 Å². The summed E-state index contributed by atoms with van der Waals surface area (Å²) < 4.78 is 28.8. The number of hydrogen-bond donors (Lipinski definition) is 1. The van der Waals surface area contributed by atoms with Gasteiger partial charge in [-0.15, -0.1) is 0 Å².